The molecule has 0 fully saturated rings. The van der Waals surface area contributed by atoms with Crippen molar-refractivity contribution in [3.05, 3.63) is 450 Å². The van der Waals surface area contributed by atoms with E-state index < -0.39 is 0 Å². The summed E-state index contributed by atoms with van der Waals surface area (Å²) in [6.45, 7) is 2.20. The van der Waals surface area contributed by atoms with Crippen molar-refractivity contribution in [2.45, 2.75) is 31.1 Å². The van der Waals surface area contributed by atoms with Crippen molar-refractivity contribution in [3.63, 3.8) is 0 Å². The number of hydrogen-bond acceptors (Lipinski definition) is 0. The predicted octanol–water partition coefficient (Wildman–Crippen LogP) is 30.4. The highest BCUT2D eigenvalue weighted by molar-refractivity contribution is 6.25. The van der Waals surface area contributed by atoms with E-state index in [1.54, 1.807) is 5.57 Å². The fourth-order valence-electron chi connectivity index (χ4n) is 20.5. The molecule has 0 nitrogen and oxygen atoms in total. The first-order valence-corrected chi connectivity index (χ1v) is 39.9. The van der Waals surface area contributed by atoms with Crippen molar-refractivity contribution in [2.24, 2.45) is 0 Å². The van der Waals surface area contributed by atoms with Crippen LogP contribution in [0, 0.1) is 6.92 Å². The van der Waals surface area contributed by atoms with E-state index in [1.165, 1.54) is 227 Å². The summed E-state index contributed by atoms with van der Waals surface area (Å²) in [6.07, 6.45) is 6.07. The molecule has 0 aliphatic heterocycles. The molecule has 0 saturated carbocycles. The number of allylic oxidation sites excluding steroid dienone is 5. The van der Waals surface area contributed by atoms with Crippen LogP contribution < -0.4 is 0 Å². The van der Waals surface area contributed by atoms with Gasteiger partial charge in [0.25, 0.3) is 0 Å². The second-order valence-electron chi connectivity index (χ2n) is 31.5. The highest BCUT2D eigenvalue weighted by atomic mass is 14.5. The fourth-order valence-corrected chi connectivity index (χ4v) is 20.5. The topological polar surface area (TPSA) is 0 Å². The van der Waals surface area contributed by atoms with Gasteiger partial charge in [-0.3, -0.25) is 0 Å². The molecule has 23 rings (SSSR count). The highest BCUT2D eigenvalue weighted by Crippen LogP contribution is 2.65. The molecule has 18 aromatic carbocycles. The van der Waals surface area contributed by atoms with E-state index in [4.69, 9.17) is 0 Å². The van der Waals surface area contributed by atoms with Gasteiger partial charge in [0, 0.05) is 17.8 Å². The van der Waals surface area contributed by atoms with E-state index >= 15 is 0 Å². The zero-order valence-corrected chi connectivity index (χ0v) is 62.5. The van der Waals surface area contributed by atoms with Crippen LogP contribution in [0.25, 0.3) is 183 Å². The van der Waals surface area contributed by atoms with Gasteiger partial charge in [-0.2, -0.15) is 0 Å². The Kier molecular flexibility index (Phi) is 15.0. The number of benzene rings is 18. The third-order valence-corrected chi connectivity index (χ3v) is 25.5. The van der Waals surface area contributed by atoms with Crippen molar-refractivity contribution in [3.8, 4) is 134 Å². The van der Waals surface area contributed by atoms with Crippen LogP contribution in [0.1, 0.15) is 68.7 Å². The lowest BCUT2D eigenvalue weighted by Gasteiger charge is -2.36. The first-order chi connectivity index (χ1) is 56.0. The standard InChI is InChI=1S/C113H74/c1-69-44-46-78(47-45-69)97-67-98(77-26-10-4-11-27-77)110-95-65-64-87(74-22-6-2-7-23-74)89-38-21-43-94(107(89)95)113(110)105(97)85-62-54-73(55-63-85)70-48-56-79(57-49-70)99-66-96(76-24-8-3-9-25-76)104(111-92-41-19-34-81-32-17-39-90(102(81)92)108(99)111)84-60-52-72(53-61-84)71-50-58-80(59-51-71)100-68-101(88-37-16-31-75-28-14-15-36-86(75)88)106(83-29-12-5-13-30-83)112-93-42-20-35-82-33-18-40-91(103(82)93)109(100)112/h2-64,66-68,95,105,113H,65H2,1H3. The Balaban J connectivity index is 0.618. The summed E-state index contributed by atoms with van der Waals surface area (Å²) < 4.78 is 0. The number of fused-ring (bicyclic) bond motifs is 10. The molecule has 113 heavy (non-hydrogen) atoms. The molecule has 0 N–H and O–H groups in total. The third-order valence-electron chi connectivity index (χ3n) is 25.5. The van der Waals surface area contributed by atoms with E-state index in [0.29, 0.717) is 0 Å². The van der Waals surface area contributed by atoms with Gasteiger partial charge in [-0.15, -0.1) is 0 Å². The lowest BCUT2D eigenvalue weighted by molar-refractivity contribution is 0.691. The summed E-state index contributed by atoms with van der Waals surface area (Å²) in [5.74, 6) is 0.525. The molecule has 0 amide bonds. The maximum Gasteiger partial charge on any atom is 0.0202 e. The Morgan fingerprint density at radius 1 is 0.248 bits per heavy atom. The summed E-state index contributed by atoms with van der Waals surface area (Å²) in [7, 11) is 0. The molecule has 3 atom stereocenters. The van der Waals surface area contributed by atoms with Crippen LogP contribution in [0.15, 0.2) is 406 Å². The quantitative estimate of drug-likeness (QED) is 0.114. The van der Waals surface area contributed by atoms with E-state index in [1.807, 2.05) is 0 Å². The molecule has 0 spiro atoms. The van der Waals surface area contributed by atoms with E-state index in [9.17, 15) is 0 Å². The monoisotopic (exact) mass is 1430 g/mol. The lowest BCUT2D eigenvalue weighted by atomic mass is 9.67. The Morgan fingerprint density at radius 2 is 0.637 bits per heavy atom. The molecule has 18 aromatic rings. The van der Waals surface area contributed by atoms with Gasteiger partial charge in [-0.1, -0.05) is 388 Å². The number of aryl methyl sites for hydroxylation is 1. The first kappa shape index (κ1) is 64.9. The number of rotatable bonds is 12. The minimum Gasteiger partial charge on any atom is -0.0751 e. The SMILES string of the molecule is Cc1ccc(C2=CC(c3ccccc3)=C3C4CC=C(c5ccccc5)c5cccc(c54)C3C2c2ccc(-c3ccc(-c4cc(-c5ccccc5)c(-c5ccc(-c6ccc(-c7cc(-c8cccc9ccccc89)c(-c8ccccc8)c8c7-c7cccc9cccc-8c79)cc6)cc5)c5c4-c4cccc6cccc-5c46)cc3)cc2)cc1. The van der Waals surface area contributed by atoms with Crippen LogP contribution in [0.2, 0.25) is 0 Å². The normalized spacial score (nSPS) is 15.2. The fraction of sp³-hybridized carbons (Fsp3) is 0.0442. The molecular formula is C113H74. The Morgan fingerprint density at radius 3 is 1.20 bits per heavy atom. The summed E-state index contributed by atoms with van der Waals surface area (Å²) in [4.78, 5) is 0. The van der Waals surface area contributed by atoms with E-state index in [-0.39, 0.29) is 17.8 Å². The number of hydrogen-bond donors (Lipinski definition) is 0. The molecule has 5 aliphatic carbocycles. The molecule has 526 valence electrons. The van der Waals surface area contributed by atoms with Crippen molar-refractivity contribution < 1.29 is 0 Å². The molecule has 5 aliphatic rings. The second-order valence-corrected chi connectivity index (χ2v) is 31.5. The van der Waals surface area contributed by atoms with E-state index in [0.717, 1.165) is 6.42 Å². The van der Waals surface area contributed by atoms with Gasteiger partial charge >= 0.3 is 0 Å². The molecule has 0 heterocycles. The van der Waals surface area contributed by atoms with Gasteiger partial charge in [-0.05, 0) is 259 Å². The van der Waals surface area contributed by atoms with Crippen LogP contribution >= 0.6 is 0 Å². The van der Waals surface area contributed by atoms with Crippen molar-refractivity contribution >= 4 is 49.0 Å². The minimum atomic E-state index is 0.0901. The van der Waals surface area contributed by atoms with Gasteiger partial charge in [0.15, 0.2) is 0 Å². The summed E-state index contributed by atoms with van der Waals surface area (Å²) >= 11 is 0. The zero-order valence-electron chi connectivity index (χ0n) is 62.5. The van der Waals surface area contributed by atoms with Crippen LogP contribution in [0.3, 0.4) is 0 Å². The molecular weight excluding hydrogens is 1360 g/mol. The van der Waals surface area contributed by atoms with Gasteiger partial charge in [0.1, 0.15) is 0 Å². The lowest BCUT2D eigenvalue weighted by Crippen LogP contribution is -2.19. The first-order valence-electron chi connectivity index (χ1n) is 39.9. The summed E-state index contributed by atoms with van der Waals surface area (Å²) in [5, 5.41) is 7.63. The Bertz CT molecular complexity index is 7020. The van der Waals surface area contributed by atoms with Crippen LogP contribution in [-0.2, 0) is 0 Å². The van der Waals surface area contributed by atoms with E-state index in [2.05, 4.69) is 407 Å². The van der Waals surface area contributed by atoms with Gasteiger partial charge < -0.3 is 0 Å². The van der Waals surface area contributed by atoms with Gasteiger partial charge in [0.05, 0.1) is 0 Å². The second kappa shape index (κ2) is 26.1. The van der Waals surface area contributed by atoms with Crippen LogP contribution in [0.4, 0.5) is 0 Å². The molecule has 0 aromatic heterocycles. The van der Waals surface area contributed by atoms with Gasteiger partial charge in [-0.25, -0.2) is 0 Å². The van der Waals surface area contributed by atoms with Crippen molar-refractivity contribution in [1.29, 1.82) is 0 Å². The Hall–Kier alpha value is -14.0. The molecule has 0 bridgehead atoms. The van der Waals surface area contributed by atoms with Crippen LogP contribution in [0.5, 0.6) is 0 Å². The third kappa shape index (κ3) is 10.3. The molecule has 0 radical (unpaired) electrons. The highest BCUT2D eigenvalue weighted by Gasteiger charge is 2.48. The van der Waals surface area contributed by atoms with Gasteiger partial charge in [0.2, 0.25) is 0 Å². The Labute approximate surface area is 659 Å². The minimum absolute atomic E-state index is 0.0901. The largest absolute Gasteiger partial charge is 0.0751 e. The zero-order chi connectivity index (χ0) is 74.4. The van der Waals surface area contributed by atoms with Crippen molar-refractivity contribution in [1.82, 2.24) is 0 Å². The van der Waals surface area contributed by atoms with Crippen molar-refractivity contribution in [2.75, 3.05) is 0 Å². The average molecular weight is 1430 g/mol. The summed E-state index contributed by atoms with van der Waals surface area (Å²) in [5.41, 5.74) is 46.1. The average Bonchev–Trinajstić information content (AvgIpc) is 1.55. The summed E-state index contributed by atoms with van der Waals surface area (Å²) in [6, 6.07) is 147. The maximum atomic E-state index is 2.57. The molecule has 0 saturated heterocycles. The maximum absolute atomic E-state index is 2.57. The molecule has 3 unspecified atom stereocenters. The molecule has 0 heteroatoms. The predicted molar refractivity (Wildman–Crippen MR) is 477 cm³/mol. The smallest absolute Gasteiger partial charge is 0.0202 e. The van der Waals surface area contributed by atoms with Crippen LogP contribution in [-0.4, -0.2) is 0 Å².